The van der Waals surface area contributed by atoms with Crippen molar-refractivity contribution in [2.24, 2.45) is 11.8 Å². The van der Waals surface area contributed by atoms with Gasteiger partial charge < -0.3 is 24.3 Å². The number of Topliss-reactive ketones (excluding diaryl/α,β-unsaturated/α-hetero) is 1. The van der Waals surface area contributed by atoms with Crippen LogP contribution in [0.3, 0.4) is 0 Å². The number of rotatable bonds is 3. The molecule has 0 saturated carbocycles. The number of ketones is 1. The lowest BCUT2D eigenvalue weighted by molar-refractivity contribution is -0.139. The summed E-state index contributed by atoms with van der Waals surface area (Å²) in [6.07, 6.45) is 2.97. The molecule has 5 atom stereocenters. The molecule has 4 aliphatic rings. The molecule has 5 unspecified atom stereocenters. The van der Waals surface area contributed by atoms with E-state index >= 15 is 0 Å². The van der Waals surface area contributed by atoms with Gasteiger partial charge in [0.05, 0.1) is 39.3 Å². The van der Waals surface area contributed by atoms with Crippen molar-refractivity contribution in [3.8, 4) is 11.5 Å². The van der Waals surface area contributed by atoms with Crippen molar-refractivity contribution in [3.63, 3.8) is 0 Å². The Balaban J connectivity index is 1.50. The number of carbonyl (C=O) groups excluding carboxylic acids is 2. The fraction of sp³-hybridized carbons (Fsp3) is 0.565. The molecule has 8 heteroatoms. The second-order valence-electron chi connectivity index (χ2n) is 8.85. The van der Waals surface area contributed by atoms with Crippen molar-refractivity contribution in [1.29, 1.82) is 0 Å². The van der Waals surface area contributed by atoms with Crippen LogP contribution in [0.4, 0.5) is 5.69 Å². The van der Waals surface area contributed by atoms with E-state index in [0.717, 1.165) is 18.8 Å². The molecule has 1 aromatic carbocycles. The molecule has 0 amide bonds. The SMILES string of the molecule is COC(=O)C1=COC(C)C2CN3CCC4(Nc5cc(OC)c(OC)cc5C4=O)C3CC12. The van der Waals surface area contributed by atoms with Crippen LogP contribution in [0.25, 0.3) is 0 Å². The van der Waals surface area contributed by atoms with Gasteiger partial charge in [-0.1, -0.05) is 0 Å². The van der Waals surface area contributed by atoms with E-state index in [1.165, 1.54) is 7.11 Å². The number of anilines is 1. The van der Waals surface area contributed by atoms with E-state index in [4.69, 9.17) is 18.9 Å². The van der Waals surface area contributed by atoms with Gasteiger partial charge in [-0.2, -0.15) is 0 Å². The first-order valence-corrected chi connectivity index (χ1v) is 10.7. The zero-order chi connectivity index (χ0) is 21.9. The Morgan fingerprint density at radius 1 is 1.23 bits per heavy atom. The van der Waals surface area contributed by atoms with Crippen LogP contribution in [-0.2, 0) is 14.3 Å². The average Bonchev–Trinajstić information content (AvgIpc) is 3.28. The third-order valence-corrected chi connectivity index (χ3v) is 7.61. The minimum atomic E-state index is -0.715. The van der Waals surface area contributed by atoms with Gasteiger partial charge in [-0.25, -0.2) is 4.79 Å². The first-order valence-electron chi connectivity index (χ1n) is 10.7. The first kappa shape index (κ1) is 20.2. The van der Waals surface area contributed by atoms with Gasteiger partial charge in [0.2, 0.25) is 0 Å². The Morgan fingerprint density at radius 2 is 1.97 bits per heavy atom. The minimum absolute atomic E-state index is 0.00481. The van der Waals surface area contributed by atoms with E-state index in [0.29, 0.717) is 35.5 Å². The van der Waals surface area contributed by atoms with Crippen LogP contribution in [0, 0.1) is 11.8 Å². The Morgan fingerprint density at radius 3 is 2.68 bits per heavy atom. The molecule has 0 bridgehead atoms. The molecule has 0 radical (unpaired) electrons. The van der Waals surface area contributed by atoms with Crippen molar-refractivity contribution < 1.29 is 28.5 Å². The highest BCUT2D eigenvalue weighted by Gasteiger charge is 2.60. The molecular formula is C23H28N2O6. The molecule has 1 spiro atoms. The number of ether oxygens (including phenoxy) is 4. The predicted molar refractivity (Wildman–Crippen MR) is 112 cm³/mol. The summed E-state index contributed by atoms with van der Waals surface area (Å²) in [5, 5.41) is 3.56. The number of carbonyl (C=O) groups is 2. The molecule has 5 rings (SSSR count). The number of hydrogen-bond donors (Lipinski definition) is 1. The largest absolute Gasteiger partial charge is 0.497 e. The standard InChI is InChI=1S/C23H28N2O6/c1-12-15-10-25-6-5-23(20(25)8-13(15)16(11-31-12)22(27)30-4)21(26)14-7-18(28-2)19(29-3)9-17(14)24-23/h7,9,11-13,15,20,24H,5-6,8,10H2,1-4H3. The smallest absolute Gasteiger partial charge is 0.337 e. The summed E-state index contributed by atoms with van der Waals surface area (Å²) in [6, 6.07) is 3.58. The molecule has 2 fully saturated rings. The fourth-order valence-electron chi connectivity index (χ4n) is 5.97. The van der Waals surface area contributed by atoms with Gasteiger partial charge in [-0.05, 0) is 25.8 Å². The second kappa shape index (κ2) is 7.15. The van der Waals surface area contributed by atoms with E-state index in [1.54, 1.807) is 26.5 Å². The van der Waals surface area contributed by atoms with Crippen LogP contribution < -0.4 is 14.8 Å². The highest BCUT2D eigenvalue weighted by molar-refractivity contribution is 6.14. The fourth-order valence-corrected chi connectivity index (χ4v) is 5.97. The molecule has 1 N–H and O–H groups in total. The van der Waals surface area contributed by atoms with E-state index in [9.17, 15) is 9.59 Å². The van der Waals surface area contributed by atoms with Crippen molar-refractivity contribution in [2.75, 3.05) is 39.7 Å². The number of esters is 1. The quantitative estimate of drug-likeness (QED) is 0.734. The number of piperidine rings is 1. The monoisotopic (exact) mass is 428 g/mol. The molecule has 8 nitrogen and oxygen atoms in total. The minimum Gasteiger partial charge on any atom is -0.497 e. The molecule has 4 aliphatic heterocycles. The summed E-state index contributed by atoms with van der Waals surface area (Å²) in [7, 11) is 4.54. The lowest BCUT2D eigenvalue weighted by atomic mass is 9.70. The van der Waals surface area contributed by atoms with E-state index in [1.807, 2.05) is 13.0 Å². The van der Waals surface area contributed by atoms with Gasteiger partial charge in [0.25, 0.3) is 0 Å². The number of benzene rings is 1. The summed E-state index contributed by atoms with van der Waals surface area (Å²) in [6.45, 7) is 3.64. The Bertz CT molecular complexity index is 975. The molecule has 1 aromatic rings. The van der Waals surface area contributed by atoms with Gasteiger partial charge in [-0.15, -0.1) is 0 Å². The maximum Gasteiger partial charge on any atom is 0.337 e. The topological polar surface area (TPSA) is 86.3 Å². The van der Waals surface area contributed by atoms with E-state index < -0.39 is 5.54 Å². The third-order valence-electron chi connectivity index (χ3n) is 7.61. The zero-order valence-corrected chi connectivity index (χ0v) is 18.3. The summed E-state index contributed by atoms with van der Waals surface area (Å²) >= 11 is 0. The van der Waals surface area contributed by atoms with Crippen LogP contribution in [0.5, 0.6) is 11.5 Å². The second-order valence-corrected chi connectivity index (χ2v) is 8.85. The first-order chi connectivity index (χ1) is 14.9. The lowest BCUT2D eigenvalue weighted by Gasteiger charge is -2.48. The number of nitrogens with zero attached hydrogens (tertiary/aromatic N) is 1. The Labute approximate surface area is 181 Å². The third kappa shape index (κ3) is 2.77. The van der Waals surface area contributed by atoms with Crippen molar-refractivity contribution >= 4 is 17.4 Å². The highest BCUT2D eigenvalue weighted by atomic mass is 16.5. The van der Waals surface area contributed by atoms with Crippen molar-refractivity contribution in [2.45, 2.75) is 37.5 Å². The molecule has 31 heavy (non-hydrogen) atoms. The zero-order valence-electron chi connectivity index (χ0n) is 18.3. The summed E-state index contributed by atoms with van der Waals surface area (Å²) < 4.78 is 21.6. The molecule has 0 aromatic heterocycles. The van der Waals surface area contributed by atoms with Crippen LogP contribution in [-0.4, -0.2) is 68.8 Å². The van der Waals surface area contributed by atoms with E-state index in [-0.39, 0.29) is 35.7 Å². The average molecular weight is 428 g/mol. The summed E-state index contributed by atoms with van der Waals surface area (Å²) in [5.74, 6) is 1.04. The number of hydrogen-bond acceptors (Lipinski definition) is 8. The maximum atomic E-state index is 13.7. The number of fused-ring (bicyclic) bond motifs is 4. The van der Waals surface area contributed by atoms with Gasteiger partial charge in [0.15, 0.2) is 17.3 Å². The Hall–Kier alpha value is -2.74. The Kier molecular flexibility index (Phi) is 4.66. The molecule has 4 heterocycles. The normalized spacial score (nSPS) is 33.5. The van der Waals surface area contributed by atoms with Gasteiger partial charge in [0, 0.05) is 48.3 Å². The predicted octanol–water partition coefficient (Wildman–Crippen LogP) is 2.24. The highest BCUT2D eigenvalue weighted by Crippen LogP contribution is 2.51. The molecule has 2 saturated heterocycles. The maximum absolute atomic E-state index is 13.7. The molecule has 166 valence electrons. The van der Waals surface area contributed by atoms with E-state index in [2.05, 4.69) is 10.2 Å². The van der Waals surface area contributed by atoms with Crippen LogP contribution >= 0.6 is 0 Å². The number of nitrogens with one attached hydrogen (secondary N) is 1. The summed E-state index contributed by atoms with van der Waals surface area (Å²) in [5.41, 5.74) is 1.26. The molecule has 0 aliphatic carbocycles. The van der Waals surface area contributed by atoms with Crippen LogP contribution in [0.15, 0.2) is 24.0 Å². The van der Waals surface area contributed by atoms with Crippen molar-refractivity contribution in [1.82, 2.24) is 4.90 Å². The van der Waals surface area contributed by atoms with Gasteiger partial charge >= 0.3 is 5.97 Å². The lowest BCUT2D eigenvalue weighted by Crippen LogP contribution is -2.59. The molecular weight excluding hydrogens is 400 g/mol. The van der Waals surface area contributed by atoms with Gasteiger partial charge in [0.1, 0.15) is 5.54 Å². The number of methoxy groups -OCH3 is 3. The van der Waals surface area contributed by atoms with Crippen molar-refractivity contribution in [3.05, 3.63) is 29.5 Å². The van der Waals surface area contributed by atoms with Crippen LogP contribution in [0.1, 0.15) is 30.1 Å². The van der Waals surface area contributed by atoms with Crippen LogP contribution in [0.2, 0.25) is 0 Å². The summed E-state index contributed by atoms with van der Waals surface area (Å²) in [4.78, 5) is 28.5. The van der Waals surface area contributed by atoms with Gasteiger partial charge in [-0.3, -0.25) is 9.69 Å².